The average molecular weight is 394 g/mol. The molecule has 2 atom stereocenters. The fourth-order valence-corrected chi connectivity index (χ4v) is 4.71. The van der Waals surface area contributed by atoms with Crippen molar-refractivity contribution >= 4 is 17.7 Å². The smallest absolute Gasteiger partial charge is 0.321 e. The maximum atomic E-state index is 11.3. The highest BCUT2D eigenvalue weighted by Gasteiger charge is 2.36. The molecule has 0 aliphatic rings. The van der Waals surface area contributed by atoms with Crippen LogP contribution in [0.2, 0.25) is 0 Å². The minimum absolute atomic E-state index is 0.175. The number of aromatic hydroxyl groups is 1. The van der Waals surface area contributed by atoms with Gasteiger partial charge in [0.15, 0.2) is 0 Å². The summed E-state index contributed by atoms with van der Waals surface area (Å²) >= 11 is 1.50. The number of phenolic OH excluding ortho intramolecular Hbond substituents is 1. The van der Waals surface area contributed by atoms with E-state index in [0.717, 1.165) is 16.7 Å². The molecule has 0 fully saturated rings. The highest BCUT2D eigenvalue weighted by Crippen LogP contribution is 2.46. The molecule has 0 aliphatic carbocycles. The van der Waals surface area contributed by atoms with E-state index < -0.39 is 16.8 Å². The molecule has 3 rings (SSSR count). The Balaban J connectivity index is 2.14. The lowest BCUT2D eigenvalue weighted by Gasteiger charge is -2.35. The average Bonchev–Trinajstić information content (AvgIpc) is 2.72. The van der Waals surface area contributed by atoms with Crippen molar-refractivity contribution in [2.75, 3.05) is 5.75 Å². The van der Waals surface area contributed by atoms with Crippen molar-refractivity contribution in [1.29, 1.82) is 0 Å². The van der Waals surface area contributed by atoms with Gasteiger partial charge in [0.2, 0.25) is 0 Å². The third kappa shape index (κ3) is 4.55. The lowest BCUT2D eigenvalue weighted by molar-refractivity contribution is -0.137. The second-order valence-corrected chi connectivity index (χ2v) is 7.98. The van der Waals surface area contributed by atoms with Crippen molar-refractivity contribution in [3.63, 3.8) is 0 Å². The van der Waals surface area contributed by atoms with Crippen LogP contribution >= 0.6 is 11.8 Å². The molecule has 3 aromatic rings. The maximum absolute atomic E-state index is 11.3. The number of hydrogen-bond donors (Lipinski definition) is 3. The monoisotopic (exact) mass is 393 g/mol. The van der Waals surface area contributed by atoms with Crippen LogP contribution < -0.4 is 5.73 Å². The quantitative estimate of drug-likeness (QED) is 0.538. The van der Waals surface area contributed by atoms with E-state index >= 15 is 0 Å². The van der Waals surface area contributed by atoms with Crippen LogP contribution in [0.5, 0.6) is 5.75 Å². The Bertz CT molecular complexity index is 917. The third-order valence-electron chi connectivity index (χ3n) is 4.67. The van der Waals surface area contributed by atoms with Gasteiger partial charge in [-0.1, -0.05) is 72.8 Å². The van der Waals surface area contributed by atoms with Gasteiger partial charge < -0.3 is 15.9 Å². The van der Waals surface area contributed by atoms with Crippen LogP contribution in [-0.2, 0) is 16.0 Å². The zero-order chi connectivity index (χ0) is 20.0. The first-order valence-electron chi connectivity index (χ1n) is 9.02. The molecule has 0 heterocycles. The largest absolute Gasteiger partial charge is 0.508 e. The minimum atomic E-state index is -1.02. The first kappa shape index (κ1) is 20.0. The topological polar surface area (TPSA) is 83.5 Å². The van der Waals surface area contributed by atoms with Crippen molar-refractivity contribution < 1.29 is 15.0 Å². The number of aliphatic carboxylic acids is 1. The second-order valence-electron chi connectivity index (χ2n) is 6.66. The fourth-order valence-electron chi connectivity index (χ4n) is 3.24. The summed E-state index contributed by atoms with van der Waals surface area (Å²) in [6.45, 7) is 0. The summed E-state index contributed by atoms with van der Waals surface area (Å²) in [6.07, 6.45) is 0.637. The van der Waals surface area contributed by atoms with Crippen LogP contribution in [0.1, 0.15) is 16.7 Å². The maximum Gasteiger partial charge on any atom is 0.321 e. The van der Waals surface area contributed by atoms with Crippen molar-refractivity contribution in [2.24, 2.45) is 5.73 Å². The van der Waals surface area contributed by atoms with E-state index in [1.807, 2.05) is 60.7 Å². The molecule has 3 aromatic carbocycles. The molecule has 144 valence electrons. The van der Waals surface area contributed by atoms with E-state index in [4.69, 9.17) is 5.73 Å². The molecule has 1 unspecified atom stereocenters. The Labute approximate surface area is 169 Å². The number of carbonyl (C=O) groups is 1. The summed E-state index contributed by atoms with van der Waals surface area (Å²) in [6, 6.07) is 26.2. The molecule has 0 radical (unpaired) electrons. The summed E-state index contributed by atoms with van der Waals surface area (Å²) in [5, 5.41) is 19.4. The minimum Gasteiger partial charge on any atom is -0.508 e. The standard InChI is InChI=1S/C23H23NO3S/c24-21(22(26)27)16-28-23(18-10-5-2-6-11-18,15-17-8-3-1-4-9-17)19-12-7-13-20(25)14-19/h1-14,21,25H,15-16,24H2,(H,26,27)/t21-,23?/m0/s1. The van der Waals surface area contributed by atoms with Gasteiger partial charge in [0, 0.05) is 5.75 Å². The molecule has 4 N–H and O–H groups in total. The van der Waals surface area contributed by atoms with Gasteiger partial charge in [-0.05, 0) is 35.2 Å². The Hall–Kier alpha value is -2.76. The molecule has 0 aromatic heterocycles. The molecule has 0 bridgehead atoms. The van der Waals surface area contributed by atoms with Crippen LogP contribution in [-0.4, -0.2) is 28.0 Å². The molecule has 0 saturated carbocycles. The van der Waals surface area contributed by atoms with Gasteiger partial charge in [-0.3, -0.25) is 4.79 Å². The summed E-state index contributed by atoms with van der Waals surface area (Å²) < 4.78 is -0.589. The first-order chi connectivity index (χ1) is 13.5. The summed E-state index contributed by atoms with van der Waals surface area (Å²) in [4.78, 5) is 11.3. The number of hydrogen-bond acceptors (Lipinski definition) is 4. The van der Waals surface area contributed by atoms with Crippen molar-refractivity contribution in [2.45, 2.75) is 17.2 Å². The number of carboxylic acids is 1. The predicted octanol–water partition coefficient (Wildman–Crippen LogP) is 4.02. The molecule has 0 amide bonds. The van der Waals surface area contributed by atoms with E-state index in [1.165, 1.54) is 11.8 Å². The van der Waals surface area contributed by atoms with Crippen LogP contribution in [0.3, 0.4) is 0 Å². The lowest BCUT2D eigenvalue weighted by Crippen LogP contribution is -2.36. The van der Waals surface area contributed by atoms with E-state index in [0.29, 0.717) is 6.42 Å². The van der Waals surface area contributed by atoms with Gasteiger partial charge in [0.05, 0.1) is 4.75 Å². The van der Waals surface area contributed by atoms with E-state index in [1.54, 1.807) is 12.1 Å². The Morgan fingerprint density at radius 1 is 0.929 bits per heavy atom. The molecular formula is C23H23NO3S. The van der Waals surface area contributed by atoms with E-state index in [9.17, 15) is 15.0 Å². The zero-order valence-corrected chi connectivity index (χ0v) is 16.2. The number of nitrogens with two attached hydrogens (primary N) is 1. The Kier molecular flexibility index (Phi) is 6.39. The van der Waals surface area contributed by atoms with E-state index in [2.05, 4.69) is 12.1 Å². The highest BCUT2D eigenvalue weighted by molar-refractivity contribution is 8.00. The molecule has 0 saturated heterocycles. The van der Waals surface area contributed by atoms with Crippen molar-refractivity contribution in [1.82, 2.24) is 0 Å². The number of carboxylic acid groups (broad SMARTS) is 1. The van der Waals surface area contributed by atoms with Gasteiger partial charge in [0.1, 0.15) is 11.8 Å². The van der Waals surface area contributed by atoms with Gasteiger partial charge in [-0.25, -0.2) is 0 Å². The normalized spacial score (nSPS) is 14.2. The zero-order valence-electron chi connectivity index (χ0n) is 15.4. The lowest BCUT2D eigenvalue weighted by atomic mass is 9.84. The molecule has 28 heavy (non-hydrogen) atoms. The van der Waals surface area contributed by atoms with Crippen LogP contribution in [0.4, 0.5) is 0 Å². The predicted molar refractivity (Wildman–Crippen MR) is 114 cm³/mol. The van der Waals surface area contributed by atoms with Crippen molar-refractivity contribution in [3.05, 3.63) is 102 Å². The van der Waals surface area contributed by atoms with Crippen molar-refractivity contribution in [3.8, 4) is 5.75 Å². The SMILES string of the molecule is N[C@@H](CSC(Cc1ccccc1)(c1ccccc1)c1cccc(O)c1)C(=O)O. The fraction of sp³-hybridized carbons (Fsp3) is 0.174. The summed E-state index contributed by atoms with van der Waals surface area (Å²) in [7, 11) is 0. The van der Waals surface area contributed by atoms with Gasteiger partial charge in [-0.2, -0.15) is 0 Å². The molecule has 0 spiro atoms. The first-order valence-corrected chi connectivity index (χ1v) is 10.0. The Morgan fingerprint density at radius 2 is 1.54 bits per heavy atom. The highest BCUT2D eigenvalue weighted by atomic mass is 32.2. The summed E-state index contributed by atoms with van der Waals surface area (Å²) in [5.41, 5.74) is 8.89. The third-order valence-corrected chi connectivity index (χ3v) is 6.31. The number of benzene rings is 3. The molecule has 5 heteroatoms. The number of thioether (sulfide) groups is 1. The van der Waals surface area contributed by atoms with Gasteiger partial charge >= 0.3 is 5.97 Å². The van der Waals surface area contributed by atoms with Crippen LogP contribution in [0.15, 0.2) is 84.9 Å². The van der Waals surface area contributed by atoms with Gasteiger partial charge in [0.25, 0.3) is 0 Å². The van der Waals surface area contributed by atoms with Crippen LogP contribution in [0.25, 0.3) is 0 Å². The molecule has 4 nitrogen and oxygen atoms in total. The van der Waals surface area contributed by atoms with Gasteiger partial charge in [-0.15, -0.1) is 11.8 Å². The molecule has 0 aliphatic heterocycles. The number of rotatable bonds is 8. The number of phenols is 1. The Morgan fingerprint density at radius 3 is 2.14 bits per heavy atom. The molecular weight excluding hydrogens is 370 g/mol. The van der Waals surface area contributed by atoms with Crippen LogP contribution in [0, 0.1) is 0 Å². The van der Waals surface area contributed by atoms with E-state index in [-0.39, 0.29) is 11.5 Å². The summed E-state index contributed by atoms with van der Waals surface area (Å²) in [5.74, 6) is -0.605. The second kappa shape index (κ2) is 8.95.